The first kappa shape index (κ1) is 15.1. The maximum atomic E-state index is 12.0. The van der Waals surface area contributed by atoms with Crippen LogP contribution in [0.5, 0.6) is 0 Å². The molecule has 5 nitrogen and oxygen atoms in total. The molecule has 3 N–H and O–H groups in total. The molecule has 0 unspecified atom stereocenters. The van der Waals surface area contributed by atoms with Gasteiger partial charge in [-0.25, -0.2) is 0 Å². The van der Waals surface area contributed by atoms with Crippen LogP contribution in [0.4, 0.5) is 0 Å². The number of nitrogens with one attached hydrogen (secondary N) is 1. The number of aryl methyl sites for hydroxylation is 1. The van der Waals surface area contributed by atoms with Gasteiger partial charge in [-0.2, -0.15) is 0 Å². The lowest BCUT2D eigenvalue weighted by Crippen LogP contribution is -2.36. The van der Waals surface area contributed by atoms with Crippen molar-refractivity contribution in [1.82, 2.24) is 9.88 Å². The molecule has 0 spiro atoms. The minimum atomic E-state index is -0.319. The van der Waals surface area contributed by atoms with Gasteiger partial charge in [-0.3, -0.25) is 4.79 Å². The number of amides is 1. The second-order valence-corrected chi connectivity index (χ2v) is 5.77. The average molecular weight is 301 g/mol. The van der Waals surface area contributed by atoms with E-state index in [1.807, 2.05) is 12.1 Å². The predicted octanol–water partition coefficient (Wildman–Crippen LogP) is 1.65. The summed E-state index contributed by atoms with van der Waals surface area (Å²) in [5, 5.41) is 4.21. The van der Waals surface area contributed by atoms with Crippen molar-refractivity contribution in [3.05, 3.63) is 36.5 Å². The van der Waals surface area contributed by atoms with E-state index in [0.29, 0.717) is 13.1 Å². The van der Waals surface area contributed by atoms with Crippen molar-refractivity contribution in [3.8, 4) is 0 Å². The fourth-order valence-corrected chi connectivity index (χ4v) is 2.98. The quantitative estimate of drug-likeness (QED) is 0.797. The molecule has 2 heterocycles. The van der Waals surface area contributed by atoms with Crippen molar-refractivity contribution in [1.29, 1.82) is 0 Å². The number of benzene rings is 1. The molecule has 118 valence electrons. The molecule has 1 aromatic heterocycles. The molecule has 22 heavy (non-hydrogen) atoms. The zero-order valence-electron chi connectivity index (χ0n) is 12.7. The molecule has 1 aliphatic rings. The topological polar surface area (TPSA) is 69.3 Å². The van der Waals surface area contributed by atoms with Crippen LogP contribution in [0.2, 0.25) is 0 Å². The van der Waals surface area contributed by atoms with E-state index in [0.717, 1.165) is 25.8 Å². The smallest absolute Gasteiger partial charge is 0.249 e. The van der Waals surface area contributed by atoms with Crippen LogP contribution in [0, 0.1) is 0 Å². The van der Waals surface area contributed by atoms with E-state index in [-0.39, 0.29) is 18.1 Å². The molecule has 0 saturated carbocycles. The Balaban J connectivity index is 1.43. The van der Waals surface area contributed by atoms with Gasteiger partial charge in [0.2, 0.25) is 5.91 Å². The van der Waals surface area contributed by atoms with Crippen molar-refractivity contribution >= 4 is 16.8 Å². The first-order valence-corrected chi connectivity index (χ1v) is 7.95. The van der Waals surface area contributed by atoms with Gasteiger partial charge in [0.15, 0.2) is 0 Å². The second-order valence-electron chi connectivity index (χ2n) is 5.77. The maximum Gasteiger partial charge on any atom is 0.249 e. The minimum absolute atomic E-state index is 0.00619. The largest absolute Gasteiger partial charge is 0.364 e. The predicted molar refractivity (Wildman–Crippen MR) is 86.5 cm³/mol. The Morgan fingerprint density at radius 2 is 2.18 bits per heavy atom. The third kappa shape index (κ3) is 3.31. The van der Waals surface area contributed by atoms with Crippen LogP contribution in [0.25, 0.3) is 10.9 Å². The zero-order valence-corrected chi connectivity index (χ0v) is 12.7. The van der Waals surface area contributed by atoms with Crippen molar-refractivity contribution < 1.29 is 9.53 Å². The number of nitrogens with two attached hydrogens (primary N) is 1. The lowest BCUT2D eigenvalue weighted by molar-refractivity contribution is -0.131. The van der Waals surface area contributed by atoms with Crippen molar-refractivity contribution in [2.24, 2.45) is 5.73 Å². The zero-order chi connectivity index (χ0) is 15.4. The van der Waals surface area contributed by atoms with E-state index in [4.69, 9.17) is 10.5 Å². The number of ether oxygens (including phenoxy) is 1. The Bertz CT molecular complexity index is 638. The number of rotatable bonds is 6. The molecule has 0 bridgehead atoms. The normalized spacial score (nSPS) is 21.3. The highest BCUT2D eigenvalue weighted by atomic mass is 16.5. The summed E-state index contributed by atoms with van der Waals surface area (Å²) in [6.45, 7) is 2.05. The van der Waals surface area contributed by atoms with Gasteiger partial charge in [0.1, 0.15) is 6.10 Å². The van der Waals surface area contributed by atoms with Gasteiger partial charge in [0.25, 0.3) is 0 Å². The molecule has 2 atom stereocenters. The molecule has 0 radical (unpaired) electrons. The SMILES string of the molecule is NC[C@H]1CC[C@@H](C(=O)NCCCn2ccc3ccccc32)O1. The van der Waals surface area contributed by atoms with Gasteiger partial charge in [-0.05, 0) is 36.8 Å². The summed E-state index contributed by atoms with van der Waals surface area (Å²) in [4.78, 5) is 12.0. The van der Waals surface area contributed by atoms with E-state index in [1.54, 1.807) is 0 Å². The van der Waals surface area contributed by atoms with Crippen LogP contribution in [-0.4, -0.2) is 35.8 Å². The van der Waals surface area contributed by atoms with Crippen LogP contribution in [0.1, 0.15) is 19.3 Å². The summed E-state index contributed by atoms with van der Waals surface area (Å²) in [6.07, 6.45) is 4.37. The lowest BCUT2D eigenvalue weighted by atomic mass is 10.2. The Morgan fingerprint density at radius 1 is 1.32 bits per heavy atom. The van der Waals surface area contributed by atoms with Crippen LogP contribution < -0.4 is 11.1 Å². The van der Waals surface area contributed by atoms with Gasteiger partial charge < -0.3 is 20.4 Å². The molecule has 1 saturated heterocycles. The molecule has 5 heteroatoms. The van der Waals surface area contributed by atoms with Crippen LogP contribution >= 0.6 is 0 Å². The summed E-state index contributed by atoms with van der Waals surface area (Å²) in [7, 11) is 0. The molecule has 1 aliphatic heterocycles. The van der Waals surface area contributed by atoms with Crippen molar-refractivity contribution in [2.75, 3.05) is 13.1 Å². The molecule has 1 fully saturated rings. The number of fused-ring (bicyclic) bond motifs is 1. The molecule has 1 amide bonds. The summed E-state index contributed by atoms with van der Waals surface area (Å²) in [6, 6.07) is 10.4. The second kappa shape index (κ2) is 6.94. The number of carbonyl (C=O) groups excluding carboxylic acids is 1. The molecule has 0 aliphatic carbocycles. The van der Waals surface area contributed by atoms with Crippen LogP contribution in [0.3, 0.4) is 0 Å². The average Bonchev–Trinajstić information content (AvgIpc) is 3.18. The molecule has 1 aromatic carbocycles. The highest BCUT2D eigenvalue weighted by Crippen LogP contribution is 2.19. The molecule has 2 aromatic rings. The molecular formula is C17H23N3O2. The van der Waals surface area contributed by atoms with Gasteiger partial charge in [0.05, 0.1) is 6.10 Å². The van der Waals surface area contributed by atoms with E-state index >= 15 is 0 Å². The van der Waals surface area contributed by atoms with Crippen LogP contribution in [0.15, 0.2) is 36.5 Å². The van der Waals surface area contributed by atoms with Crippen molar-refractivity contribution in [2.45, 2.75) is 38.0 Å². The third-order valence-electron chi connectivity index (χ3n) is 4.22. The van der Waals surface area contributed by atoms with Gasteiger partial charge in [-0.1, -0.05) is 18.2 Å². The number of nitrogens with zero attached hydrogens (tertiary/aromatic N) is 1. The van der Waals surface area contributed by atoms with Gasteiger partial charge in [0, 0.05) is 31.3 Å². The Labute approximate surface area is 130 Å². The van der Waals surface area contributed by atoms with E-state index < -0.39 is 0 Å². The van der Waals surface area contributed by atoms with E-state index in [1.165, 1.54) is 10.9 Å². The van der Waals surface area contributed by atoms with E-state index in [9.17, 15) is 4.79 Å². The minimum Gasteiger partial charge on any atom is -0.364 e. The highest BCUT2D eigenvalue weighted by molar-refractivity contribution is 5.81. The number of hydrogen-bond acceptors (Lipinski definition) is 3. The first-order valence-electron chi connectivity index (χ1n) is 7.95. The van der Waals surface area contributed by atoms with Crippen LogP contribution in [-0.2, 0) is 16.1 Å². The first-order chi connectivity index (χ1) is 10.8. The molecule has 3 rings (SSSR count). The fraction of sp³-hybridized carbons (Fsp3) is 0.471. The number of hydrogen-bond donors (Lipinski definition) is 2. The lowest BCUT2D eigenvalue weighted by Gasteiger charge is -2.13. The Kier molecular flexibility index (Phi) is 4.75. The van der Waals surface area contributed by atoms with Gasteiger partial charge >= 0.3 is 0 Å². The van der Waals surface area contributed by atoms with Gasteiger partial charge in [-0.15, -0.1) is 0 Å². The summed E-state index contributed by atoms with van der Waals surface area (Å²) >= 11 is 0. The number of para-hydroxylation sites is 1. The Hall–Kier alpha value is -1.85. The Morgan fingerprint density at radius 3 is 3.00 bits per heavy atom. The number of carbonyl (C=O) groups is 1. The fourth-order valence-electron chi connectivity index (χ4n) is 2.98. The molecular weight excluding hydrogens is 278 g/mol. The monoisotopic (exact) mass is 301 g/mol. The maximum absolute atomic E-state index is 12.0. The highest BCUT2D eigenvalue weighted by Gasteiger charge is 2.29. The van der Waals surface area contributed by atoms with E-state index in [2.05, 4.69) is 34.3 Å². The summed E-state index contributed by atoms with van der Waals surface area (Å²) < 4.78 is 7.81. The van der Waals surface area contributed by atoms with Crippen molar-refractivity contribution in [3.63, 3.8) is 0 Å². The summed E-state index contributed by atoms with van der Waals surface area (Å²) in [5.41, 5.74) is 6.79. The third-order valence-corrected chi connectivity index (χ3v) is 4.22. The standard InChI is InChI=1S/C17H23N3O2/c18-12-14-6-7-16(22-14)17(21)19-9-3-10-20-11-8-13-4-1-2-5-15(13)20/h1-2,4-5,8,11,14,16H,3,6-7,9-10,12,18H2,(H,19,21)/t14-,16+/m1/s1. The number of aromatic nitrogens is 1. The summed E-state index contributed by atoms with van der Waals surface area (Å²) in [5.74, 6) is -0.00619.